The standard InChI is InChI=1S/C16H21F3O2/c1-2-5-11-8-9-13(20)15(10-11)21-14-7-4-3-6-12(14)16(17,18)19/h3-4,6-7,11,13,15,20H,2,5,8-10H2,1H3. The van der Waals surface area contributed by atoms with Gasteiger partial charge in [-0.15, -0.1) is 0 Å². The first-order valence-electron chi connectivity index (χ1n) is 7.42. The minimum atomic E-state index is -4.45. The van der Waals surface area contributed by atoms with Gasteiger partial charge in [0.1, 0.15) is 11.9 Å². The molecule has 0 aliphatic heterocycles. The van der Waals surface area contributed by atoms with Gasteiger partial charge < -0.3 is 9.84 Å². The third-order valence-corrected chi connectivity index (χ3v) is 4.03. The van der Waals surface area contributed by atoms with Gasteiger partial charge in [0, 0.05) is 0 Å². The van der Waals surface area contributed by atoms with E-state index in [-0.39, 0.29) is 5.75 Å². The van der Waals surface area contributed by atoms with Crippen LogP contribution in [0.15, 0.2) is 24.3 Å². The maximum absolute atomic E-state index is 13.0. The molecule has 0 spiro atoms. The molecule has 1 aromatic rings. The van der Waals surface area contributed by atoms with Crippen LogP contribution < -0.4 is 4.74 Å². The molecule has 0 radical (unpaired) electrons. The van der Waals surface area contributed by atoms with Crippen LogP contribution in [0.4, 0.5) is 13.2 Å². The van der Waals surface area contributed by atoms with Gasteiger partial charge in [-0.2, -0.15) is 13.2 Å². The van der Waals surface area contributed by atoms with Gasteiger partial charge in [-0.1, -0.05) is 31.9 Å². The Kier molecular flexibility index (Phi) is 5.14. The lowest BCUT2D eigenvalue weighted by atomic mass is 9.83. The Morgan fingerprint density at radius 1 is 1.24 bits per heavy atom. The monoisotopic (exact) mass is 302 g/mol. The largest absolute Gasteiger partial charge is 0.487 e. The first kappa shape index (κ1) is 16.1. The molecule has 3 atom stereocenters. The van der Waals surface area contributed by atoms with E-state index in [1.807, 2.05) is 0 Å². The summed E-state index contributed by atoms with van der Waals surface area (Å²) in [7, 11) is 0. The fourth-order valence-corrected chi connectivity index (χ4v) is 2.96. The Balaban J connectivity index is 2.13. The summed E-state index contributed by atoms with van der Waals surface area (Å²) in [6, 6.07) is 5.18. The van der Waals surface area contributed by atoms with Crippen molar-refractivity contribution in [3.05, 3.63) is 29.8 Å². The number of aliphatic hydroxyl groups is 1. The SMILES string of the molecule is CCCC1CCC(O)C(Oc2ccccc2C(F)(F)F)C1. The van der Waals surface area contributed by atoms with Gasteiger partial charge in [0.15, 0.2) is 0 Å². The molecule has 1 N–H and O–H groups in total. The summed E-state index contributed by atoms with van der Waals surface area (Å²) >= 11 is 0. The topological polar surface area (TPSA) is 29.5 Å². The van der Waals surface area contributed by atoms with Crippen molar-refractivity contribution in [3.63, 3.8) is 0 Å². The number of para-hydroxylation sites is 1. The van der Waals surface area contributed by atoms with Crippen LogP contribution in [0.2, 0.25) is 0 Å². The highest BCUT2D eigenvalue weighted by Crippen LogP contribution is 2.38. The molecule has 1 aliphatic rings. The fraction of sp³-hybridized carbons (Fsp3) is 0.625. The summed E-state index contributed by atoms with van der Waals surface area (Å²) in [4.78, 5) is 0. The smallest absolute Gasteiger partial charge is 0.419 e. The Morgan fingerprint density at radius 2 is 1.95 bits per heavy atom. The molecule has 0 bridgehead atoms. The molecule has 0 saturated heterocycles. The van der Waals surface area contributed by atoms with E-state index < -0.39 is 23.9 Å². The summed E-state index contributed by atoms with van der Waals surface area (Å²) in [5.41, 5.74) is -0.783. The fourth-order valence-electron chi connectivity index (χ4n) is 2.96. The highest BCUT2D eigenvalue weighted by Gasteiger charge is 2.36. The number of alkyl halides is 3. The Hall–Kier alpha value is -1.23. The lowest BCUT2D eigenvalue weighted by Crippen LogP contribution is -2.38. The van der Waals surface area contributed by atoms with Crippen molar-refractivity contribution in [3.8, 4) is 5.75 Å². The van der Waals surface area contributed by atoms with E-state index in [1.165, 1.54) is 18.2 Å². The molecule has 0 aromatic heterocycles. The van der Waals surface area contributed by atoms with E-state index in [1.54, 1.807) is 0 Å². The molecule has 0 amide bonds. The van der Waals surface area contributed by atoms with Crippen LogP contribution in [0.1, 0.15) is 44.6 Å². The van der Waals surface area contributed by atoms with Crippen molar-refractivity contribution in [2.45, 2.75) is 57.4 Å². The van der Waals surface area contributed by atoms with E-state index >= 15 is 0 Å². The molecule has 2 rings (SSSR count). The highest BCUT2D eigenvalue weighted by atomic mass is 19.4. The average Bonchev–Trinajstić information content (AvgIpc) is 2.42. The molecule has 1 aromatic carbocycles. The summed E-state index contributed by atoms with van der Waals surface area (Å²) in [5, 5.41) is 10.0. The Labute approximate surface area is 122 Å². The minimum Gasteiger partial charge on any atom is -0.487 e. The third-order valence-electron chi connectivity index (χ3n) is 4.03. The van der Waals surface area contributed by atoms with E-state index in [4.69, 9.17) is 4.74 Å². The second-order valence-electron chi connectivity index (χ2n) is 5.69. The minimum absolute atomic E-state index is 0.189. The molecule has 2 nitrogen and oxygen atoms in total. The maximum atomic E-state index is 13.0. The predicted molar refractivity (Wildman–Crippen MR) is 74.1 cm³/mol. The summed E-state index contributed by atoms with van der Waals surface area (Å²) in [6.07, 6.45) is -1.53. The van der Waals surface area contributed by atoms with Crippen molar-refractivity contribution in [1.82, 2.24) is 0 Å². The molecule has 3 unspecified atom stereocenters. The molecular formula is C16H21F3O2. The quantitative estimate of drug-likeness (QED) is 0.892. The molecule has 118 valence electrons. The second-order valence-corrected chi connectivity index (χ2v) is 5.69. The number of benzene rings is 1. The molecule has 5 heteroatoms. The van der Waals surface area contributed by atoms with E-state index in [0.717, 1.165) is 25.3 Å². The van der Waals surface area contributed by atoms with Gasteiger partial charge in [-0.05, 0) is 37.3 Å². The Morgan fingerprint density at radius 3 is 2.62 bits per heavy atom. The van der Waals surface area contributed by atoms with Crippen LogP contribution in [0.25, 0.3) is 0 Å². The van der Waals surface area contributed by atoms with Crippen molar-refractivity contribution in [1.29, 1.82) is 0 Å². The van der Waals surface area contributed by atoms with E-state index in [0.29, 0.717) is 18.8 Å². The van der Waals surface area contributed by atoms with E-state index in [9.17, 15) is 18.3 Å². The number of aliphatic hydroxyl groups excluding tert-OH is 1. The lowest BCUT2D eigenvalue weighted by molar-refractivity contribution is -0.140. The van der Waals surface area contributed by atoms with Crippen LogP contribution in [0, 0.1) is 5.92 Å². The van der Waals surface area contributed by atoms with Gasteiger partial charge >= 0.3 is 6.18 Å². The van der Waals surface area contributed by atoms with Crippen molar-refractivity contribution >= 4 is 0 Å². The average molecular weight is 302 g/mol. The van der Waals surface area contributed by atoms with Crippen molar-refractivity contribution in [2.75, 3.05) is 0 Å². The molecule has 1 saturated carbocycles. The van der Waals surface area contributed by atoms with Crippen LogP contribution in [0.5, 0.6) is 5.75 Å². The highest BCUT2D eigenvalue weighted by molar-refractivity contribution is 5.35. The molecule has 21 heavy (non-hydrogen) atoms. The first-order chi connectivity index (χ1) is 9.91. The van der Waals surface area contributed by atoms with Gasteiger partial charge in [0.25, 0.3) is 0 Å². The normalized spacial score (nSPS) is 26.6. The number of halogens is 3. The van der Waals surface area contributed by atoms with Crippen LogP contribution in [-0.2, 0) is 6.18 Å². The number of ether oxygens (including phenoxy) is 1. The van der Waals surface area contributed by atoms with Gasteiger partial charge in [0.2, 0.25) is 0 Å². The van der Waals surface area contributed by atoms with Crippen molar-refractivity contribution < 1.29 is 23.0 Å². The third kappa shape index (κ3) is 4.13. The van der Waals surface area contributed by atoms with Crippen molar-refractivity contribution in [2.24, 2.45) is 5.92 Å². The zero-order chi connectivity index (χ0) is 15.5. The lowest BCUT2D eigenvalue weighted by Gasteiger charge is -2.34. The summed E-state index contributed by atoms with van der Waals surface area (Å²) < 4.78 is 44.4. The zero-order valence-electron chi connectivity index (χ0n) is 12.1. The number of hydrogen-bond donors (Lipinski definition) is 1. The van der Waals surface area contributed by atoms with Crippen LogP contribution >= 0.6 is 0 Å². The molecule has 1 fully saturated rings. The first-order valence-corrected chi connectivity index (χ1v) is 7.42. The van der Waals surface area contributed by atoms with Gasteiger partial charge in [-0.25, -0.2) is 0 Å². The zero-order valence-corrected chi connectivity index (χ0v) is 12.1. The maximum Gasteiger partial charge on any atom is 0.419 e. The number of rotatable bonds is 4. The van der Waals surface area contributed by atoms with Gasteiger partial charge in [0.05, 0.1) is 11.7 Å². The second kappa shape index (κ2) is 6.69. The van der Waals surface area contributed by atoms with Gasteiger partial charge in [-0.3, -0.25) is 0 Å². The Bertz CT molecular complexity index is 459. The molecule has 0 heterocycles. The summed E-state index contributed by atoms with van der Waals surface area (Å²) in [6.45, 7) is 2.08. The number of hydrogen-bond acceptors (Lipinski definition) is 2. The van der Waals surface area contributed by atoms with E-state index in [2.05, 4.69) is 6.92 Å². The predicted octanol–water partition coefficient (Wildman–Crippen LogP) is 4.41. The van der Waals surface area contributed by atoms with Crippen LogP contribution in [-0.4, -0.2) is 17.3 Å². The molecular weight excluding hydrogens is 281 g/mol. The summed E-state index contributed by atoms with van der Waals surface area (Å²) in [5.74, 6) is 0.229. The molecule has 1 aliphatic carbocycles. The van der Waals surface area contributed by atoms with Crippen LogP contribution in [0.3, 0.4) is 0 Å².